The molecule has 0 aliphatic carbocycles. The topological polar surface area (TPSA) is 94.2 Å². The number of ether oxygens (including phenoxy) is 3. The van der Waals surface area contributed by atoms with E-state index >= 15 is 0 Å². The van der Waals surface area contributed by atoms with E-state index in [1.165, 1.54) is 17.0 Å². The lowest BCUT2D eigenvalue weighted by Crippen LogP contribution is -2.32. The van der Waals surface area contributed by atoms with E-state index < -0.39 is 10.0 Å². The van der Waals surface area contributed by atoms with Gasteiger partial charge in [-0.15, -0.1) is 0 Å². The van der Waals surface area contributed by atoms with Crippen molar-refractivity contribution in [1.82, 2.24) is 9.62 Å². The van der Waals surface area contributed by atoms with Crippen LogP contribution in [0.15, 0.2) is 47.4 Å². The highest BCUT2D eigenvalue weighted by atomic mass is 32.2. The Bertz CT molecular complexity index is 1050. The normalized spacial score (nSPS) is 18.0. The van der Waals surface area contributed by atoms with Gasteiger partial charge in [-0.2, -0.15) is 0 Å². The molecule has 9 heteroatoms. The number of nitrogens with one attached hydrogen (secondary N) is 1. The molecule has 1 unspecified atom stereocenters. The summed E-state index contributed by atoms with van der Waals surface area (Å²) in [6, 6.07) is 11.6. The number of sulfonamides is 1. The zero-order valence-corrected chi connectivity index (χ0v) is 18.2. The average Bonchev–Trinajstić information content (AvgIpc) is 3.31. The van der Waals surface area contributed by atoms with Crippen LogP contribution < -0.4 is 14.2 Å². The molecule has 2 aromatic rings. The maximum Gasteiger partial charge on any atom is 0.253 e. The molecule has 2 heterocycles. The lowest BCUT2D eigenvalue weighted by atomic mass is 10.1. The number of hydrogen-bond donors (Lipinski definition) is 1. The van der Waals surface area contributed by atoms with Crippen LogP contribution in [-0.4, -0.2) is 58.7 Å². The van der Waals surface area contributed by atoms with Crippen molar-refractivity contribution in [3.63, 3.8) is 0 Å². The lowest BCUT2D eigenvalue weighted by molar-refractivity contribution is 0.0784. The van der Waals surface area contributed by atoms with Crippen LogP contribution in [0.25, 0.3) is 0 Å². The highest BCUT2D eigenvalue weighted by Crippen LogP contribution is 2.31. The minimum Gasteiger partial charge on any atom is -0.486 e. The van der Waals surface area contributed by atoms with Crippen molar-refractivity contribution in [1.29, 1.82) is 0 Å². The number of carbonyl (C=O) groups excluding carboxylic acids is 1. The van der Waals surface area contributed by atoms with Gasteiger partial charge in [-0.25, -0.2) is 13.1 Å². The zero-order valence-electron chi connectivity index (χ0n) is 17.4. The molecule has 1 fully saturated rings. The quantitative estimate of drug-likeness (QED) is 0.701. The third-order valence-electron chi connectivity index (χ3n) is 5.29. The highest BCUT2D eigenvalue weighted by molar-refractivity contribution is 7.89. The Hall–Kier alpha value is -2.62. The summed E-state index contributed by atoms with van der Waals surface area (Å²) >= 11 is 0. The fraction of sp³-hybridized carbons (Fsp3) is 0.409. The summed E-state index contributed by atoms with van der Waals surface area (Å²) in [5, 5.41) is 0. The van der Waals surface area contributed by atoms with E-state index in [0.717, 1.165) is 18.4 Å². The molecule has 1 amide bonds. The molecule has 4 rings (SSSR count). The molecule has 0 spiro atoms. The van der Waals surface area contributed by atoms with Gasteiger partial charge < -0.3 is 19.1 Å². The molecular formula is C22H26N2O6S. The molecule has 2 aliphatic rings. The minimum absolute atomic E-state index is 0.0593. The zero-order chi connectivity index (χ0) is 21.8. The van der Waals surface area contributed by atoms with E-state index in [-0.39, 0.29) is 23.5 Å². The SMILES string of the molecule is CN(Cc1ccc2c(c1)OCCO2)C(=O)c1cccc(S(=O)(=O)NCC2CCCO2)c1. The van der Waals surface area contributed by atoms with Gasteiger partial charge in [0.1, 0.15) is 13.2 Å². The van der Waals surface area contributed by atoms with Gasteiger partial charge in [-0.1, -0.05) is 12.1 Å². The van der Waals surface area contributed by atoms with Crippen LogP contribution in [0.4, 0.5) is 0 Å². The number of fused-ring (bicyclic) bond motifs is 1. The number of hydrogen-bond acceptors (Lipinski definition) is 6. The van der Waals surface area contributed by atoms with Crippen LogP contribution in [-0.2, 0) is 21.3 Å². The maximum atomic E-state index is 12.9. The highest BCUT2D eigenvalue weighted by Gasteiger charge is 2.22. The maximum absolute atomic E-state index is 12.9. The molecule has 2 aliphatic heterocycles. The first kappa shape index (κ1) is 21.6. The van der Waals surface area contributed by atoms with E-state index in [4.69, 9.17) is 14.2 Å². The number of nitrogens with zero attached hydrogens (tertiary/aromatic N) is 1. The predicted molar refractivity (Wildman–Crippen MR) is 114 cm³/mol. The predicted octanol–water partition coefficient (Wildman–Crippen LogP) is 2.19. The molecule has 2 aromatic carbocycles. The van der Waals surface area contributed by atoms with Crippen LogP contribution in [0.3, 0.4) is 0 Å². The summed E-state index contributed by atoms with van der Waals surface area (Å²) < 4.78 is 44.4. The van der Waals surface area contributed by atoms with Crippen LogP contribution in [0, 0.1) is 0 Å². The van der Waals surface area contributed by atoms with E-state index in [9.17, 15) is 13.2 Å². The third kappa shape index (κ3) is 5.17. The largest absolute Gasteiger partial charge is 0.486 e. The van der Waals surface area contributed by atoms with Crippen LogP contribution in [0.2, 0.25) is 0 Å². The van der Waals surface area contributed by atoms with E-state index in [1.807, 2.05) is 18.2 Å². The molecule has 0 radical (unpaired) electrons. The van der Waals surface area contributed by atoms with Crippen molar-refractivity contribution < 1.29 is 27.4 Å². The Kier molecular flexibility index (Phi) is 6.45. The molecule has 0 aromatic heterocycles. The fourth-order valence-electron chi connectivity index (χ4n) is 3.64. The number of rotatable bonds is 7. The van der Waals surface area contributed by atoms with Gasteiger partial charge in [0.2, 0.25) is 10.0 Å². The van der Waals surface area contributed by atoms with Crippen LogP contribution >= 0.6 is 0 Å². The smallest absolute Gasteiger partial charge is 0.253 e. The standard InChI is InChI=1S/C22H26N2O6S/c1-24(15-16-7-8-20-21(12-16)30-11-10-29-20)22(25)17-4-2-6-19(13-17)31(26,27)23-14-18-5-3-9-28-18/h2,4,6-8,12-13,18,23H,3,5,9-11,14-15H2,1H3. The van der Waals surface area contributed by atoms with Gasteiger partial charge in [0.25, 0.3) is 5.91 Å². The van der Waals surface area contributed by atoms with Gasteiger partial charge in [-0.3, -0.25) is 4.79 Å². The van der Waals surface area contributed by atoms with Gasteiger partial charge in [0, 0.05) is 32.3 Å². The molecule has 0 bridgehead atoms. The molecule has 166 valence electrons. The molecule has 8 nitrogen and oxygen atoms in total. The Morgan fingerprint density at radius 2 is 1.90 bits per heavy atom. The van der Waals surface area contributed by atoms with Crippen molar-refractivity contribution in [3.05, 3.63) is 53.6 Å². The second kappa shape index (κ2) is 9.25. The van der Waals surface area contributed by atoms with E-state index in [2.05, 4.69) is 4.72 Å². The summed E-state index contributed by atoms with van der Waals surface area (Å²) in [6.07, 6.45) is 1.68. The van der Waals surface area contributed by atoms with Crippen LogP contribution in [0.1, 0.15) is 28.8 Å². The van der Waals surface area contributed by atoms with Crippen molar-refractivity contribution in [2.24, 2.45) is 0 Å². The number of amides is 1. The third-order valence-corrected chi connectivity index (χ3v) is 6.71. The molecule has 31 heavy (non-hydrogen) atoms. The van der Waals surface area contributed by atoms with Crippen molar-refractivity contribution in [3.8, 4) is 11.5 Å². The fourth-order valence-corrected chi connectivity index (χ4v) is 4.75. The molecular weight excluding hydrogens is 420 g/mol. The van der Waals surface area contributed by atoms with Gasteiger partial charge >= 0.3 is 0 Å². The van der Waals surface area contributed by atoms with Crippen molar-refractivity contribution in [2.45, 2.75) is 30.4 Å². The summed E-state index contributed by atoms with van der Waals surface area (Å²) in [4.78, 5) is 14.5. The van der Waals surface area contributed by atoms with E-state index in [0.29, 0.717) is 43.4 Å². The first-order chi connectivity index (χ1) is 14.9. The minimum atomic E-state index is -3.73. The summed E-state index contributed by atoms with van der Waals surface area (Å²) in [5.74, 6) is 1.08. The monoisotopic (exact) mass is 446 g/mol. The molecule has 1 atom stereocenters. The molecule has 1 saturated heterocycles. The van der Waals surface area contributed by atoms with Crippen LogP contribution in [0.5, 0.6) is 11.5 Å². The number of benzene rings is 2. The van der Waals surface area contributed by atoms with Crippen molar-refractivity contribution >= 4 is 15.9 Å². The van der Waals surface area contributed by atoms with E-state index in [1.54, 1.807) is 19.2 Å². The average molecular weight is 447 g/mol. The lowest BCUT2D eigenvalue weighted by Gasteiger charge is -2.21. The first-order valence-electron chi connectivity index (χ1n) is 10.3. The summed E-state index contributed by atoms with van der Waals surface area (Å²) in [5.41, 5.74) is 1.20. The first-order valence-corrected chi connectivity index (χ1v) is 11.8. The Morgan fingerprint density at radius 3 is 2.68 bits per heavy atom. The molecule has 0 saturated carbocycles. The van der Waals surface area contributed by atoms with Gasteiger partial charge in [-0.05, 0) is 48.7 Å². The molecule has 1 N–H and O–H groups in total. The second-order valence-corrected chi connectivity index (χ2v) is 9.42. The number of carbonyl (C=O) groups is 1. The van der Waals surface area contributed by atoms with Gasteiger partial charge in [0.05, 0.1) is 11.0 Å². The van der Waals surface area contributed by atoms with Gasteiger partial charge in [0.15, 0.2) is 11.5 Å². The Labute approximate surface area is 182 Å². The summed E-state index contributed by atoms with van der Waals surface area (Å²) in [7, 11) is -2.05. The van der Waals surface area contributed by atoms with Crippen molar-refractivity contribution in [2.75, 3.05) is 33.4 Å². The second-order valence-electron chi connectivity index (χ2n) is 7.65. The Morgan fingerprint density at radius 1 is 1.10 bits per heavy atom. The Balaban J connectivity index is 1.43. The summed E-state index contributed by atoms with van der Waals surface area (Å²) in [6.45, 7) is 2.25.